The zero-order valence-corrected chi connectivity index (χ0v) is 14.6. The molecule has 0 radical (unpaired) electrons. The van der Waals surface area contributed by atoms with Crippen LogP contribution in [0, 0.1) is 6.92 Å². The molecule has 0 bridgehead atoms. The standard InChI is InChI=1S/C17H25N3O5/c1-3-12-14(5-4-11(2)19-12)25-10-17(22)20-13-8-23-7-6-15(13)24-9-16(18)21/h4-5,13,15H,3,6-10H2,1-2H3,(H2,18,21)(H,20,22)/t13-,15+/m1/s1. The maximum atomic E-state index is 12.2. The van der Waals surface area contributed by atoms with Crippen molar-refractivity contribution in [1.29, 1.82) is 0 Å². The molecule has 1 aromatic rings. The molecule has 8 heteroatoms. The van der Waals surface area contributed by atoms with E-state index in [1.54, 1.807) is 0 Å². The van der Waals surface area contributed by atoms with Crippen molar-refractivity contribution in [3.8, 4) is 5.75 Å². The van der Waals surface area contributed by atoms with Gasteiger partial charge in [-0.25, -0.2) is 0 Å². The summed E-state index contributed by atoms with van der Waals surface area (Å²) in [4.78, 5) is 27.4. The molecule has 0 spiro atoms. The van der Waals surface area contributed by atoms with Crippen LogP contribution in [-0.4, -0.2) is 55.4 Å². The number of aromatic nitrogens is 1. The molecule has 138 valence electrons. The smallest absolute Gasteiger partial charge is 0.258 e. The van der Waals surface area contributed by atoms with Crippen LogP contribution in [0.1, 0.15) is 24.7 Å². The van der Waals surface area contributed by atoms with Gasteiger partial charge in [0.15, 0.2) is 6.61 Å². The highest BCUT2D eigenvalue weighted by molar-refractivity contribution is 5.78. The number of carbonyl (C=O) groups excluding carboxylic acids is 2. The number of pyridine rings is 1. The average molecular weight is 351 g/mol. The highest BCUT2D eigenvalue weighted by atomic mass is 16.5. The second-order valence-corrected chi connectivity index (χ2v) is 5.89. The summed E-state index contributed by atoms with van der Waals surface area (Å²) in [6, 6.07) is 3.32. The van der Waals surface area contributed by atoms with Crippen LogP contribution < -0.4 is 15.8 Å². The number of carbonyl (C=O) groups is 2. The quantitative estimate of drug-likeness (QED) is 0.687. The van der Waals surface area contributed by atoms with Crippen molar-refractivity contribution >= 4 is 11.8 Å². The van der Waals surface area contributed by atoms with Crippen molar-refractivity contribution in [2.75, 3.05) is 26.4 Å². The number of hydrogen-bond donors (Lipinski definition) is 2. The lowest BCUT2D eigenvalue weighted by Gasteiger charge is -2.31. The van der Waals surface area contributed by atoms with Crippen LogP contribution in [0.25, 0.3) is 0 Å². The molecule has 0 saturated carbocycles. The average Bonchev–Trinajstić information content (AvgIpc) is 2.59. The Balaban J connectivity index is 1.87. The highest BCUT2D eigenvalue weighted by Gasteiger charge is 2.28. The van der Waals surface area contributed by atoms with Crippen LogP contribution >= 0.6 is 0 Å². The summed E-state index contributed by atoms with van der Waals surface area (Å²) in [6.45, 7) is 4.42. The number of nitrogens with one attached hydrogen (secondary N) is 1. The lowest BCUT2D eigenvalue weighted by molar-refractivity contribution is -0.132. The zero-order valence-electron chi connectivity index (χ0n) is 14.6. The van der Waals surface area contributed by atoms with Crippen molar-refractivity contribution in [3.05, 3.63) is 23.5 Å². The Hall–Kier alpha value is -2.19. The molecule has 1 fully saturated rings. The minimum atomic E-state index is -0.543. The Morgan fingerprint density at radius 3 is 2.92 bits per heavy atom. The third-order valence-electron chi connectivity index (χ3n) is 3.84. The van der Waals surface area contributed by atoms with Gasteiger partial charge in [-0.2, -0.15) is 0 Å². The first-order chi connectivity index (χ1) is 12.0. The van der Waals surface area contributed by atoms with E-state index in [2.05, 4.69) is 10.3 Å². The summed E-state index contributed by atoms with van der Waals surface area (Å²) in [7, 11) is 0. The monoisotopic (exact) mass is 351 g/mol. The van der Waals surface area contributed by atoms with E-state index < -0.39 is 5.91 Å². The Labute approximate surface area is 147 Å². The predicted molar refractivity (Wildman–Crippen MR) is 90.1 cm³/mol. The molecule has 0 unspecified atom stereocenters. The van der Waals surface area contributed by atoms with E-state index >= 15 is 0 Å². The summed E-state index contributed by atoms with van der Waals surface area (Å²) in [6.07, 6.45) is 0.997. The van der Waals surface area contributed by atoms with E-state index in [0.29, 0.717) is 25.4 Å². The van der Waals surface area contributed by atoms with Crippen LogP contribution in [0.4, 0.5) is 0 Å². The third-order valence-corrected chi connectivity index (χ3v) is 3.84. The van der Waals surface area contributed by atoms with Gasteiger partial charge in [0.1, 0.15) is 12.4 Å². The first kappa shape index (κ1) is 19.1. The molecule has 0 aromatic carbocycles. The lowest BCUT2D eigenvalue weighted by Crippen LogP contribution is -2.52. The van der Waals surface area contributed by atoms with Crippen molar-refractivity contribution < 1.29 is 23.8 Å². The van der Waals surface area contributed by atoms with Gasteiger partial charge in [0.05, 0.1) is 24.4 Å². The van der Waals surface area contributed by atoms with Gasteiger partial charge < -0.3 is 25.3 Å². The molecule has 1 saturated heterocycles. The maximum absolute atomic E-state index is 12.2. The third kappa shape index (κ3) is 5.99. The summed E-state index contributed by atoms with van der Waals surface area (Å²) in [5, 5.41) is 2.83. The number of amides is 2. The van der Waals surface area contributed by atoms with E-state index in [-0.39, 0.29) is 31.3 Å². The Morgan fingerprint density at radius 2 is 2.20 bits per heavy atom. The van der Waals surface area contributed by atoms with E-state index in [0.717, 1.165) is 17.8 Å². The number of nitrogens with two attached hydrogens (primary N) is 1. The van der Waals surface area contributed by atoms with E-state index in [4.69, 9.17) is 19.9 Å². The van der Waals surface area contributed by atoms with E-state index in [1.807, 2.05) is 26.0 Å². The van der Waals surface area contributed by atoms with Gasteiger partial charge in [-0.15, -0.1) is 0 Å². The van der Waals surface area contributed by atoms with Gasteiger partial charge in [-0.1, -0.05) is 6.92 Å². The summed E-state index contributed by atoms with van der Waals surface area (Å²) in [5.74, 6) is -0.227. The highest BCUT2D eigenvalue weighted by Crippen LogP contribution is 2.17. The van der Waals surface area contributed by atoms with Gasteiger partial charge in [-0.3, -0.25) is 14.6 Å². The van der Waals surface area contributed by atoms with Gasteiger partial charge >= 0.3 is 0 Å². The van der Waals surface area contributed by atoms with Crippen molar-refractivity contribution in [1.82, 2.24) is 10.3 Å². The normalized spacial score (nSPS) is 20.1. The van der Waals surface area contributed by atoms with E-state index in [9.17, 15) is 9.59 Å². The minimum Gasteiger partial charge on any atom is -0.482 e. The molecular weight excluding hydrogens is 326 g/mol. The molecule has 2 atom stereocenters. The van der Waals surface area contributed by atoms with Crippen LogP contribution in [0.5, 0.6) is 5.75 Å². The maximum Gasteiger partial charge on any atom is 0.258 e. The fraction of sp³-hybridized carbons (Fsp3) is 0.588. The number of primary amides is 1. The topological polar surface area (TPSA) is 113 Å². The molecule has 2 rings (SSSR count). The number of hydrogen-bond acceptors (Lipinski definition) is 6. The van der Waals surface area contributed by atoms with E-state index in [1.165, 1.54) is 0 Å². The van der Waals surface area contributed by atoms with Crippen LogP contribution in [0.2, 0.25) is 0 Å². The molecule has 8 nitrogen and oxygen atoms in total. The molecular formula is C17H25N3O5. The zero-order chi connectivity index (χ0) is 18.2. The lowest BCUT2D eigenvalue weighted by atomic mass is 10.1. The molecule has 1 aliphatic heterocycles. The fourth-order valence-corrected chi connectivity index (χ4v) is 2.62. The summed E-state index contributed by atoms with van der Waals surface area (Å²) in [5.41, 5.74) is 6.82. The van der Waals surface area contributed by atoms with Crippen molar-refractivity contribution in [2.24, 2.45) is 5.73 Å². The Morgan fingerprint density at radius 1 is 1.40 bits per heavy atom. The Bertz CT molecular complexity index is 608. The number of nitrogens with zero attached hydrogens (tertiary/aromatic N) is 1. The first-order valence-corrected chi connectivity index (χ1v) is 8.36. The second-order valence-electron chi connectivity index (χ2n) is 5.89. The molecule has 25 heavy (non-hydrogen) atoms. The minimum absolute atomic E-state index is 0.128. The second kappa shape index (κ2) is 9.33. The van der Waals surface area contributed by atoms with Crippen LogP contribution in [0.3, 0.4) is 0 Å². The van der Waals surface area contributed by atoms with Gasteiger partial charge in [0.2, 0.25) is 5.91 Å². The molecule has 2 amide bonds. The number of aryl methyl sites for hydroxylation is 2. The van der Waals surface area contributed by atoms with Gasteiger partial charge in [0, 0.05) is 12.3 Å². The van der Waals surface area contributed by atoms with Crippen molar-refractivity contribution in [2.45, 2.75) is 38.8 Å². The molecule has 2 heterocycles. The molecule has 0 aliphatic carbocycles. The molecule has 1 aliphatic rings. The number of rotatable bonds is 8. The number of ether oxygens (including phenoxy) is 3. The SMILES string of the molecule is CCc1nc(C)ccc1OCC(=O)N[C@@H]1COCC[C@@H]1OCC(N)=O. The van der Waals surface area contributed by atoms with Crippen LogP contribution in [0.15, 0.2) is 12.1 Å². The van der Waals surface area contributed by atoms with Crippen LogP contribution in [-0.2, 0) is 25.5 Å². The summed E-state index contributed by atoms with van der Waals surface area (Å²) >= 11 is 0. The molecule has 1 aromatic heterocycles. The van der Waals surface area contributed by atoms with Gasteiger partial charge in [0.25, 0.3) is 5.91 Å². The predicted octanol–water partition coefficient (Wildman–Crippen LogP) is 0.107. The summed E-state index contributed by atoms with van der Waals surface area (Å²) < 4.78 is 16.4. The first-order valence-electron chi connectivity index (χ1n) is 8.36. The van der Waals surface area contributed by atoms with Gasteiger partial charge in [-0.05, 0) is 31.9 Å². The fourth-order valence-electron chi connectivity index (χ4n) is 2.62. The van der Waals surface area contributed by atoms with Crippen molar-refractivity contribution in [3.63, 3.8) is 0 Å². The Kier molecular flexibility index (Phi) is 7.15. The molecule has 3 N–H and O–H groups in total. The largest absolute Gasteiger partial charge is 0.482 e.